The average molecular weight is 867 g/mol. The van der Waals surface area contributed by atoms with Crippen molar-refractivity contribution in [2.45, 2.75) is 117 Å². The van der Waals surface area contributed by atoms with E-state index in [1.54, 1.807) is 0 Å². The van der Waals surface area contributed by atoms with Crippen molar-refractivity contribution >= 4 is 0 Å². The molecular weight excluding hydrogens is 793 g/mol. The highest BCUT2D eigenvalue weighted by molar-refractivity contribution is 5.46. The van der Waals surface area contributed by atoms with Gasteiger partial charge in [-0.15, -0.1) is 0 Å². The first kappa shape index (κ1) is 49.2. The van der Waals surface area contributed by atoms with Crippen LogP contribution in [0, 0.1) is 20.8 Å². The molecule has 8 rings (SSSR count). The van der Waals surface area contributed by atoms with Crippen molar-refractivity contribution < 1.29 is 0 Å². The van der Waals surface area contributed by atoms with Crippen molar-refractivity contribution in [2.24, 2.45) is 0 Å². The summed E-state index contributed by atoms with van der Waals surface area (Å²) < 4.78 is 0. The predicted molar refractivity (Wildman–Crippen MR) is 286 cm³/mol. The van der Waals surface area contributed by atoms with Crippen LogP contribution in [-0.4, -0.2) is 0 Å². The molecule has 0 amide bonds. The van der Waals surface area contributed by atoms with Gasteiger partial charge in [-0.05, 0) is 76.4 Å². The Bertz CT molecular complexity index is 2710. The molecule has 8 aromatic rings. The van der Waals surface area contributed by atoms with Crippen molar-refractivity contribution in [3.63, 3.8) is 0 Å². The van der Waals surface area contributed by atoms with Crippen LogP contribution >= 0.6 is 0 Å². The van der Waals surface area contributed by atoms with E-state index in [0.29, 0.717) is 0 Å². The van der Waals surface area contributed by atoms with E-state index in [9.17, 15) is 0 Å². The summed E-state index contributed by atoms with van der Waals surface area (Å²) >= 11 is 0. The maximum atomic E-state index is 2.38. The van der Waals surface area contributed by atoms with Gasteiger partial charge in [0.05, 0.1) is 0 Å². The van der Waals surface area contributed by atoms with Crippen molar-refractivity contribution in [1.82, 2.24) is 0 Å². The standard InChI is InChI=1S/2C25H28.C16H18/c1-19-14-16-21(17-15-19)25(4,5)23-13-9-12-22(18-23)24(2,3)20-10-7-6-8-11-20;1-19-11-13-21(14-12-19)25(4,5)23-17-15-22(16-18-23)24(2,3)20-9-7-6-8-10-20;1-13-9-11-15(12-10-13)16(2,3)14-7-5-4-6-8-14/h2*6-18H,1-5H3;4-12H,1-3H3. The lowest BCUT2D eigenvalue weighted by molar-refractivity contribution is 0.617. The van der Waals surface area contributed by atoms with Gasteiger partial charge in [-0.1, -0.05) is 298 Å². The highest BCUT2D eigenvalue weighted by Gasteiger charge is 2.29. The molecule has 0 heterocycles. The van der Waals surface area contributed by atoms with Gasteiger partial charge < -0.3 is 0 Å². The van der Waals surface area contributed by atoms with Crippen LogP contribution in [0.15, 0.2) is 212 Å². The third-order valence-electron chi connectivity index (χ3n) is 14.4. The van der Waals surface area contributed by atoms with Crippen molar-refractivity contribution in [2.75, 3.05) is 0 Å². The molecule has 338 valence electrons. The third kappa shape index (κ3) is 11.4. The molecule has 66 heavy (non-hydrogen) atoms. The molecule has 0 aliphatic heterocycles. The zero-order chi connectivity index (χ0) is 47.8. The van der Waals surface area contributed by atoms with Crippen LogP contribution in [0.25, 0.3) is 0 Å². The van der Waals surface area contributed by atoms with E-state index in [1.165, 1.54) is 72.3 Å². The fourth-order valence-electron chi connectivity index (χ4n) is 8.91. The summed E-state index contributed by atoms with van der Waals surface area (Å²) in [6.07, 6.45) is 0. The molecule has 0 unspecified atom stereocenters. The molecule has 8 aromatic carbocycles. The molecular formula is C66H74. The van der Waals surface area contributed by atoms with Gasteiger partial charge in [0, 0.05) is 27.1 Å². The van der Waals surface area contributed by atoms with E-state index in [1.807, 2.05) is 0 Å². The quantitative estimate of drug-likeness (QED) is 0.128. The Kier molecular flexibility index (Phi) is 15.3. The van der Waals surface area contributed by atoms with Crippen molar-refractivity contribution in [1.29, 1.82) is 0 Å². The first-order chi connectivity index (χ1) is 31.2. The SMILES string of the molecule is Cc1ccc(C(C)(C)c2ccc(C(C)(C)c3ccccc3)cc2)cc1.Cc1ccc(C(C)(C)c2cccc(C(C)(C)c3ccccc3)c2)cc1.Cc1ccc(C(C)(C)c2ccccc2)cc1. The van der Waals surface area contributed by atoms with Gasteiger partial charge in [0.25, 0.3) is 0 Å². The number of aryl methyl sites for hydroxylation is 3. The van der Waals surface area contributed by atoms with E-state index < -0.39 is 0 Å². The second-order valence-electron chi connectivity index (χ2n) is 21.0. The van der Waals surface area contributed by atoms with Gasteiger partial charge in [-0.25, -0.2) is 0 Å². The molecule has 0 heteroatoms. The largest absolute Gasteiger partial charge is 0.0622 e. The third-order valence-corrected chi connectivity index (χ3v) is 14.4. The summed E-state index contributed by atoms with van der Waals surface area (Å²) in [7, 11) is 0. The lowest BCUT2D eigenvalue weighted by Gasteiger charge is -2.31. The highest BCUT2D eigenvalue weighted by atomic mass is 14.3. The summed E-state index contributed by atoms with van der Waals surface area (Å²) in [4.78, 5) is 0. The number of rotatable bonds is 10. The molecule has 0 saturated heterocycles. The molecule has 0 N–H and O–H groups in total. The van der Waals surface area contributed by atoms with Gasteiger partial charge >= 0.3 is 0 Å². The number of benzene rings is 8. The summed E-state index contributed by atoms with van der Waals surface area (Å²) in [5.41, 5.74) is 17.5. The lowest BCUT2D eigenvalue weighted by atomic mass is 9.73. The van der Waals surface area contributed by atoms with Crippen molar-refractivity contribution in [3.8, 4) is 0 Å². The van der Waals surface area contributed by atoms with Crippen LogP contribution < -0.4 is 0 Å². The van der Waals surface area contributed by atoms with E-state index in [2.05, 4.69) is 302 Å². The summed E-state index contributed by atoms with van der Waals surface area (Å²) in [5.74, 6) is 0. The Morgan fingerprint density at radius 2 is 0.348 bits per heavy atom. The topological polar surface area (TPSA) is 0 Å². The summed E-state index contributed by atoms with van der Waals surface area (Å²) in [6.45, 7) is 29.4. The Morgan fingerprint density at radius 1 is 0.182 bits per heavy atom. The van der Waals surface area contributed by atoms with Crippen LogP contribution in [0.1, 0.15) is 142 Å². The van der Waals surface area contributed by atoms with Crippen LogP contribution in [-0.2, 0) is 27.1 Å². The molecule has 0 bridgehead atoms. The Labute approximate surface area is 399 Å². The molecule has 0 spiro atoms. The Morgan fingerprint density at radius 3 is 0.576 bits per heavy atom. The van der Waals surface area contributed by atoms with Gasteiger partial charge in [0.2, 0.25) is 0 Å². The minimum absolute atomic E-state index is 0.00310. The average Bonchev–Trinajstić information content (AvgIpc) is 3.33. The zero-order valence-corrected chi connectivity index (χ0v) is 42.2. The van der Waals surface area contributed by atoms with Gasteiger partial charge in [0.15, 0.2) is 0 Å². The van der Waals surface area contributed by atoms with Gasteiger partial charge in [0.1, 0.15) is 0 Å². The Balaban J connectivity index is 0.000000168. The first-order valence-electron chi connectivity index (χ1n) is 23.8. The molecule has 0 aliphatic rings. The summed E-state index contributed by atoms with van der Waals surface area (Å²) in [6, 6.07) is 77.0. The van der Waals surface area contributed by atoms with E-state index in [0.717, 1.165) is 0 Å². The molecule has 0 saturated carbocycles. The molecule has 0 radical (unpaired) electrons. The normalized spacial score (nSPS) is 12.0. The molecule has 0 atom stereocenters. The number of hydrogen-bond donors (Lipinski definition) is 0. The lowest BCUT2D eigenvalue weighted by Crippen LogP contribution is -2.22. The van der Waals surface area contributed by atoms with E-state index in [4.69, 9.17) is 0 Å². The maximum Gasteiger partial charge on any atom is 0.0146 e. The van der Waals surface area contributed by atoms with E-state index in [-0.39, 0.29) is 27.1 Å². The molecule has 0 aliphatic carbocycles. The van der Waals surface area contributed by atoms with E-state index >= 15 is 0 Å². The fraction of sp³-hybridized carbons (Fsp3) is 0.273. The zero-order valence-electron chi connectivity index (χ0n) is 42.2. The van der Waals surface area contributed by atoms with Gasteiger partial charge in [-0.3, -0.25) is 0 Å². The smallest absolute Gasteiger partial charge is 0.0146 e. The second kappa shape index (κ2) is 20.5. The first-order valence-corrected chi connectivity index (χ1v) is 23.8. The second-order valence-corrected chi connectivity index (χ2v) is 21.0. The van der Waals surface area contributed by atoms with Crippen LogP contribution in [0.2, 0.25) is 0 Å². The monoisotopic (exact) mass is 867 g/mol. The predicted octanol–water partition coefficient (Wildman–Crippen LogP) is 17.6. The van der Waals surface area contributed by atoms with Crippen LogP contribution in [0.4, 0.5) is 0 Å². The minimum Gasteiger partial charge on any atom is -0.0622 e. The van der Waals surface area contributed by atoms with Gasteiger partial charge in [-0.2, -0.15) is 0 Å². The highest BCUT2D eigenvalue weighted by Crippen LogP contribution is 2.38. The Hall–Kier alpha value is -6.24. The number of hydrogen-bond acceptors (Lipinski definition) is 0. The molecule has 0 aromatic heterocycles. The van der Waals surface area contributed by atoms with Crippen LogP contribution in [0.5, 0.6) is 0 Å². The molecule has 0 nitrogen and oxygen atoms in total. The van der Waals surface area contributed by atoms with Crippen molar-refractivity contribution in [3.05, 3.63) is 285 Å². The summed E-state index contributed by atoms with van der Waals surface area (Å²) in [5, 5.41) is 0. The molecule has 0 fully saturated rings. The van der Waals surface area contributed by atoms with Crippen LogP contribution in [0.3, 0.4) is 0 Å². The fourth-order valence-corrected chi connectivity index (χ4v) is 8.91. The minimum atomic E-state index is -0.0174. The maximum absolute atomic E-state index is 2.38.